The number of fused-ring (bicyclic) bond motifs is 1. The van der Waals surface area contributed by atoms with Gasteiger partial charge < -0.3 is 9.73 Å². The molecule has 18 heavy (non-hydrogen) atoms. The third-order valence-corrected chi connectivity index (χ3v) is 3.93. The van der Waals surface area contributed by atoms with Crippen molar-refractivity contribution in [3.63, 3.8) is 0 Å². The maximum Gasteiger partial charge on any atom is 0.137 e. The van der Waals surface area contributed by atoms with Gasteiger partial charge in [0, 0.05) is 5.39 Å². The van der Waals surface area contributed by atoms with Crippen LogP contribution in [0, 0.1) is 5.92 Å². The largest absolute Gasteiger partial charge is 0.459 e. The van der Waals surface area contributed by atoms with Crippen LogP contribution in [-0.2, 0) is 0 Å². The van der Waals surface area contributed by atoms with E-state index in [4.69, 9.17) is 4.42 Å². The molecule has 1 unspecified atom stereocenters. The quantitative estimate of drug-likeness (QED) is 0.869. The number of rotatable bonds is 4. The second-order valence-electron chi connectivity index (χ2n) is 5.67. The Kier molecular flexibility index (Phi) is 2.90. The molecule has 2 nitrogen and oxygen atoms in total. The van der Waals surface area contributed by atoms with Crippen LogP contribution >= 0.6 is 0 Å². The minimum atomic E-state index is 0.386. The molecule has 1 atom stereocenters. The van der Waals surface area contributed by atoms with Crippen LogP contribution in [0.4, 0.5) is 0 Å². The van der Waals surface area contributed by atoms with Gasteiger partial charge in [-0.1, -0.05) is 32.0 Å². The van der Waals surface area contributed by atoms with E-state index in [0.717, 1.165) is 17.3 Å². The van der Waals surface area contributed by atoms with Crippen LogP contribution in [0.2, 0.25) is 0 Å². The highest BCUT2D eigenvalue weighted by Gasteiger charge is 2.33. The summed E-state index contributed by atoms with van der Waals surface area (Å²) in [5, 5.41) is 4.63. The Hall–Kier alpha value is -1.28. The molecule has 1 N–H and O–H groups in total. The monoisotopic (exact) mass is 243 g/mol. The number of hydrogen-bond donors (Lipinski definition) is 1. The van der Waals surface area contributed by atoms with Crippen LogP contribution in [-0.4, -0.2) is 7.05 Å². The number of benzene rings is 1. The lowest BCUT2D eigenvalue weighted by Crippen LogP contribution is -2.17. The highest BCUT2D eigenvalue weighted by Crippen LogP contribution is 2.42. The summed E-state index contributed by atoms with van der Waals surface area (Å²) in [4.78, 5) is 0. The molecule has 1 aromatic carbocycles. The Morgan fingerprint density at radius 3 is 2.67 bits per heavy atom. The van der Waals surface area contributed by atoms with E-state index in [0.29, 0.717) is 12.0 Å². The first-order valence-corrected chi connectivity index (χ1v) is 6.90. The molecule has 1 aliphatic carbocycles. The van der Waals surface area contributed by atoms with Gasteiger partial charge >= 0.3 is 0 Å². The van der Waals surface area contributed by atoms with Gasteiger partial charge in [-0.2, -0.15) is 0 Å². The van der Waals surface area contributed by atoms with E-state index in [-0.39, 0.29) is 0 Å². The standard InChI is InChI=1S/C16H21NO/c1-10(2)13-6-4-5-12-9-14(18-16(12)13)15(17-3)11-7-8-11/h4-6,9-11,15,17H,7-8H2,1-3H3. The summed E-state index contributed by atoms with van der Waals surface area (Å²) in [6.07, 6.45) is 2.64. The number of nitrogens with one attached hydrogen (secondary N) is 1. The first-order valence-electron chi connectivity index (χ1n) is 6.90. The number of furan rings is 1. The summed E-state index contributed by atoms with van der Waals surface area (Å²) in [5.74, 6) is 2.36. The molecule has 0 bridgehead atoms. The number of hydrogen-bond acceptors (Lipinski definition) is 2. The van der Waals surface area contributed by atoms with E-state index in [9.17, 15) is 0 Å². The van der Waals surface area contributed by atoms with E-state index in [1.807, 2.05) is 7.05 Å². The Morgan fingerprint density at radius 2 is 2.06 bits per heavy atom. The molecule has 3 rings (SSSR count). The Labute approximate surface area is 108 Å². The first-order chi connectivity index (χ1) is 8.70. The van der Waals surface area contributed by atoms with Gasteiger partial charge in [0.2, 0.25) is 0 Å². The lowest BCUT2D eigenvalue weighted by Gasteiger charge is -2.11. The minimum Gasteiger partial charge on any atom is -0.459 e. The SMILES string of the molecule is CNC(c1cc2cccc(C(C)C)c2o1)C1CC1. The lowest BCUT2D eigenvalue weighted by molar-refractivity contribution is 0.418. The molecule has 0 amide bonds. The maximum atomic E-state index is 6.15. The molecule has 0 saturated heterocycles. The zero-order valence-electron chi connectivity index (χ0n) is 11.4. The van der Waals surface area contributed by atoms with E-state index < -0.39 is 0 Å². The van der Waals surface area contributed by atoms with Gasteiger partial charge in [0.1, 0.15) is 11.3 Å². The molecule has 1 aromatic heterocycles. The van der Waals surface area contributed by atoms with Gasteiger partial charge in [0.15, 0.2) is 0 Å². The van der Waals surface area contributed by atoms with Gasteiger partial charge in [0.25, 0.3) is 0 Å². The average Bonchev–Trinajstić information content (AvgIpc) is 3.08. The highest BCUT2D eigenvalue weighted by atomic mass is 16.3. The van der Waals surface area contributed by atoms with Crippen LogP contribution in [0.5, 0.6) is 0 Å². The molecule has 1 fully saturated rings. The third kappa shape index (κ3) is 1.95. The zero-order valence-corrected chi connectivity index (χ0v) is 11.4. The van der Waals surface area contributed by atoms with Crippen molar-refractivity contribution in [2.24, 2.45) is 5.92 Å². The molecular formula is C16H21NO. The molecule has 96 valence electrons. The van der Waals surface area contributed by atoms with Crippen molar-refractivity contribution < 1.29 is 4.42 Å². The van der Waals surface area contributed by atoms with E-state index in [1.165, 1.54) is 23.8 Å². The van der Waals surface area contributed by atoms with Gasteiger partial charge in [-0.05, 0) is 43.4 Å². The topological polar surface area (TPSA) is 25.2 Å². The van der Waals surface area contributed by atoms with Crippen molar-refractivity contribution >= 4 is 11.0 Å². The van der Waals surface area contributed by atoms with Gasteiger partial charge in [0.05, 0.1) is 6.04 Å². The predicted octanol–water partition coefficient (Wildman–Crippen LogP) is 4.23. The summed E-state index contributed by atoms with van der Waals surface area (Å²) in [6.45, 7) is 4.43. The Balaban J connectivity index is 2.07. The van der Waals surface area contributed by atoms with Crippen LogP contribution in [0.15, 0.2) is 28.7 Å². The van der Waals surface area contributed by atoms with E-state index >= 15 is 0 Å². The third-order valence-electron chi connectivity index (χ3n) is 3.93. The fraction of sp³-hybridized carbons (Fsp3) is 0.500. The molecule has 1 saturated carbocycles. The number of para-hydroxylation sites is 1. The van der Waals surface area contributed by atoms with Crippen molar-refractivity contribution in [1.82, 2.24) is 5.32 Å². The van der Waals surface area contributed by atoms with Gasteiger partial charge in [-0.3, -0.25) is 0 Å². The summed E-state index contributed by atoms with van der Waals surface area (Å²) in [5.41, 5.74) is 2.38. The fourth-order valence-corrected chi connectivity index (χ4v) is 2.75. The van der Waals surface area contributed by atoms with Crippen molar-refractivity contribution in [2.45, 2.75) is 38.6 Å². The molecule has 1 aliphatic rings. The minimum absolute atomic E-state index is 0.386. The maximum absolute atomic E-state index is 6.15. The second-order valence-corrected chi connectivity index (χ2v) is 5.67. The lowest BCUT2D eigenvalue weighted by atomic mass is 10.0. The van der Waals surface area contributed by atoms with Crippen LogP contribution in [0.3, 0.4) is 0 Å². The zero-order chi connectivity index (χ0) is 12.7. The summed E-state index contributed by atoms with van der Waals surface area (Å²) < 4.78 is 6.15. The van der Waals surface area contributed by atoms with Gasteiger partial charge in [-0.15, -0.1) is 0 Å². The second kappa shape index (κ2) is 4.43. The van der Waals surface area contributed by atoms with E-state index in [1.54, 1.807) is 0 Å². The van der Waals surface area contributed by atoms with Crippen LogP contribution in [0.1, 0.15) is 50.0 Å². The Morgan fingerprint density at radius 1 is 1.28 bits per heavy atom. The molecule has 2 aromatic rings. The van der Waals surface area contributed by atoms with Crippen molar-refractivity contribution in [1.29, 1.82) is 0 Å². The Bertz CT molecular complexity index is 551. The predicted molar refractivity (Wildman–Crippen MR) is 74.8 cm³/mol. The van der Waals surface area contributed by atoms with Crippen molar-refractivity contribution in [2.75, 3.05) is 7.05 Å². The van der Waals surface area contributed by atoms with Gasteiger partial charge in [-0.25, -0.2) is 0 Å². The molecule has 1 heterocycles. The van der Waals surface area contributed by atoms with Crippen molar-refractivity contribution in [3.8, 4) is 0 Å². The molecule has 0 aliphatic heterocycles. The van der Waals surface area contributed by atoms with Crippen LogP contribution < -0.4 is 5.32 Å². The molecule has 0 radical (unpaired) electrons. The molecule has 2 heteroatoms. The molecule has 0 spiro atoms. The first kappa shape index (κ1) is 11.8. The van der Waals surface area contributed by atoms with E-state index in [2.05, 4.69) is 43.4 Å². The normalized spacial score (nSPS) is 17.6. The van der Waals surface area contributed by atoms with Crippen molar-refractivity contribution in [3.05, 3.63) is 35.6 Å². The highest BCUT2D eigenvalue weighted by molar-refractivity contribution is 5.81. The average molecular weight is 243 g/mol. The van der Waals surface area contributed by atoms with Crippen LogP contribution in [0.25, 0.3) is 11.0 Å². The fourth-order valence-electron chi connectivity index (χ4n) is 2.75. The smallest absolute Gasteiger partial charge is 0.137 e. The summed E-state index contributed by atoms with van der Waals surface area (Å²) in [6, 6.07) is 9.04. The molecular weight excluding hydrogens is 222 g/mol. The summed E-state index contributed by atoms with van der Waals surface area (Å²) in [7, 11) is 2.03. The summed E-state index contributed by atoms with van der Waals surface area (Å²) >= 11 is 0.